The molecule has 0 heterocycles. The van der Waals surface area contributed by atoms with Gasteiger partial charge < -0.3 is 18.5 Å². The van der Waals surface area contributed by atoms with Crippen LogP contribution in [-0.2, 0) is 18.8 Å². The molecule has 0 amide bonds. The maximum atomic E-state index is 13.9. The number of rotatable bonds is 12. The first-order valence-electron chi connectivity index (χ1n) is 8.95. The lowest BCUT2D eigenvalue weighted by molar-refractivity contribution is -0.149. The van der Waals surface area contributed by atoms with Crippen molar-refractivity contribution < 1.29 is 27.7 Å². The monoisotopic (exact) mass is 403 g/mol. The number of carbonyl (C=O) groups is 1. The van der Waals surface area contributed by atoms with E-state index in [-0.39, 0.29) is 19.1 Å². The third kappa shape index (κ3) is 10.6. The second kappa shape index (κ2) is 11.5. The van der Waals surface area contributed by atoms with Gasteiger partial charge in [0.2, 0.25) is 0 Å². The summed E-state index contributed by atoms with van der Waals surface area (Å²) >= 11 is 0. The minimum atomic E-state index is -1.67. The summed E-state index contributed by atoms with van der Waals surface area (Å²) in [7, 11) is -0.157. The van der Waals surface area contributed by atoms with E-state index in [1.807, 2.05) is 18.2 Å². The number of esters is 1. The van der Waals surface area contributed by atoms with Crippen molar-refractivity contribution >= 4 is 14.5 Å². The number of alkyl halides is 1. The molecule has 27 heavy (non-hydrogen) atoms. The summed E-state index contributed by atoms with van der Waals surface area (Å²) < 4.78 is 36.0. The molecule has 1 N–H and O–H groups in total. The molecule has 8 heteroatoms. The van der Waals surface area contributed by atoms with E-state index in [1.165, 1.54) is 21.0 Å². The molecule has 0 spiro atoms. The summed E-state index contributed by atoms with van der Waals surface area (Å²) in [5, 5.41) is 3.01. The summed E-state index contributed by atoms with van der Waals surface area (Å²) in [6, 6.07) is 8.49. The molecule has 0 radical (unpaired) electrons. The fourth-order valence-electron chi connectivity index (χ4n) is 2.11. The van der Waals surface area contributed by atoms with Gasteiger partial charge in [0, 0.05) is 13.5 Å². The van der Waals surface area contributed by atoms with E-state index in [9.17, 15) is 9.18 Å². The van der Waals surface area contributed by atoms with Crippen LogP contribution >= 0.6 is 8.53 Å². The number of benzene rings is 1. The van der Waals surface area contributed by atoms with Crippen LogP contribution in [-0.4, -0.2) is 43.6 Å². The number of hydrogen-bond donors (Lipinski definition) is 1. The van der Waals surface area contributed by atoms with Gasteiger partial charge in [-0.25, -0.2) is 9.48 Å². The standard InChI is InChI=1S/C19H31FNO5P/c1-14(2)25-18(22)15(3)21-27(26-16-10-8-7-9-11-16)24-13-17(23-6)12-19(4,5)20/h7-11,14-15,17,21H,12-13H2,1-6H3. The average molecular weight is 403 g/mol. The van der Waals surface area contributed by atoms with Gasteiger partial charge in [-0.1, -0.05) is 18.2 Å². The smallest absolute Gasteiger partial charge is 0.323 e. The molecule has 154 valence electrons. The number of para-hydroxylation sites is 1. The zero-order valence-electron chi connectivity index (χ0n) is 16.9. The number of nitrogens with one attached hydrogen (secondary N) is 1. The van der Waals surface area contributed by atoms with Crippen molar-refractivity contribution in [2.75, 3.05) is 13.7 Å². The van der Waals surface area contributed by atoms with Crippen LogP contribution in [0.1, 0.15) is 41.0 Å². The molecule has 1 aromatic carbocycles. The first-order chi connectivity index (χ1) is 12.6. The molecule has 0 fully saturated rings. The van der Waals surface area contributed by atoms with Gasteiger partial charge in [0.15, 0.2) is 0 Å². The normalized spacial score (nSPS) is 15.3. The molecule has 0 saturated heterocycles. The van der Waals surface area contributed by atoms with E-state index in [0.717, 1.165) is 0 Å². The SMILES string of the molecule is COC(COP(NC(C)C(=O)OC(C)C)Oc1ccccc1)CC(C)(C)F. The van der Waals surface area contributed by atoms with Gasteiger partial charge in [-0.15, -0.1) is 0 Å². The van der Waals surface area contributed by atoms with E-state index in [4.69, 9.17) is 18.5 Å². The van der Waals surface area contributed by atoms with E-state index in [2.05, 4.69) is 5.09 Å². The van der Waals surface area contributed by atoms with Crippen LogP contribution in [0, 0.1) is 0 Å². The molecule has 6 nitrogen and oxygen atoms in total. The van der Waals surface area contributed by atoms with Crippen molar-refractivity contribution in [2.45, 2.75) is 65.0 Å². The van der Waals surface area contributed by atoms with Crippen molar-refractivity contribution in [3.05, 3.63) is 30.3 Å². The van der Waals surface area contributed by atoms with Crippen LogP contribution in [0.5, 0.6) is 5.75 Å². The predicted molar refractivity (Wildman–Crippen MR) is 104 cm³/mol. The Bertz CT molecular complexity index is 553. The Morgan fingerprint density at radius 2 is 1.85 bits per heavy atom. The van der Waals surface area contributed by atoms with Gasteiger partial charge in [-0.05, 0) is 46.8 Å². The Morgan fingerprint density at radius 1 is 1.22 bits per heavy atom. The van der Waals surface area contributed by atoms with E-state index >= 15 is 0 Å². The van der Waals surface area contributed by atoms with Gasteiger partial charge >= 0.3 is 14.5 Å². The fourth-order valence-corrected chi connectivity index (χ4v) is 3.33. The average Bonchev–Trinajstić information content (AvgIpc) is 2.57. The third-order valence-corrected chi connectivity index (χ3v) is 4.72. The molecule has 0 aromatic heterocycles. The van der Waals surface area contributed by atoms with Crippen molar-refractivity contribution in [3.63, 3.8) is 0 Å². The maximum absolute atomic E-state index is 13.9. The van der Waals surface area contributed by atoms with Crippen LogP contribution in [0.2, 0.25) is 0 Å². The van der Waals surface area contributed by atoms with Crippen molar-refractivity contribution in [2.24, 2.45) is 0 Å². The lowest BCUT2D eigenvalue weighted by atomic mass is 10.0. The number of ether oxygens (including phenoxy) is 2. The van der Waals surface area contributed by atoms with Gasteiger partial charge in [0.25, 0.3) is 0 Å². The van der Waals surface area contributed by atoms with Crippen molar-refractivity contribution in [1.29, 1.82) is 0 Å². The van der Waals surface area contributed by atoms with Crippen LogP contribution in [0.3, 0.4) is 0 Å². The Labute approximate surface area is 162 Å². The van der Waals surface area contributed by atoms with Crippen LogP contribution in [0.15, 0.2) is 30.3 Å². The molecule has 0 bridgehead atoms. The Balaban J connectivity index is 2.73. The molecular formula is C19H31FNO5P. The second-order valence-electron chi connectivity index (χ2n) is 7.07. The number of hydrogen-bond acceptors (Lipinski definition) is 6. The zero-order chi connectivity index (χ0) is 20.4. The molecule has 0 saturated carbocycles. The highest BCUT2D eigenvalue weighted by Gasteiger charge is 2.27. The molecule has 3 atom stereocenters. The van der Waals surface area contributed by atoms with Gasteiger partial charge in [-0.2, -0.15) is 0 Å². The van der Waals surface area contributed by atoms with E-state index in [0.29, 0.717) is 5.75 Å². The fraction of sp³-hybridized carbons (Fsp3) is 0.632. The molecule has 3 unspecified atom stereocenters. The van der Waals surface area contributed by atoms with E-state index < -0.39 is 32.3 Å². The lowest BCUT2D eigenvalue weighted by Gasteiger charge is -2.26. The highest BCUT2D eigenvalue weighted by Crippen LogP contribution is 2.37. The van der Waals surface area contributed by atoms with E-state index in [1.54, 1.807) is 32.9 Å². The summed E-state index contributed by atoms with van der Waals surface area (Å²) in [4.78, 5) is 12.1. The Kier molecular flexibility index (Phi) is 10.2. The minimum absolute atomic E-state index is 0.126. The lowest BCUT2D eigenvalue weighted by Crippen LogP contribution is -2.35. The second-order valence-corrected chi connectivity index (χ2v) is 8.29. The zero-order valence-corrected chi connectivity index (χ0v) is 17.8. The van der Waals surface area contributed by atoms with Crippen LogP contribution < -0.4 is 9.61 Å². The van der Waals surface area contributed by atoms with Crippen molar-refractivity contribution in [3.8, 4) is 5.75 Å². The van der Waals surface area contributed by atoms with Gasteiger partial charge in [0.1, 0.15) is 17.5 Å². The molecule has 0 aliphatic rings. The van der Waals surface area contributed by atoms with Crippen LogP contribution in [0.25, 0.3) is 0 Å². The Morgan fingerprint density at radius 3 is 2.37 bits per heavy atom. The largest absolute Gasteiger partial charge is 0.462 e. The van der Waals surface area contributed by atoms with Gasteiger partial charge in [0.05, 0.1) is 18.8 Å². The minimum Gasteiger partial charge on any atom is -0.462 e. The summed E-state index contributed by atoms with van der Waals surface area (Å²) in [6.07, 6.45) is -0.467. The quantitative estimate of drug-likeness (QED) is 0.412. The predicted octanol–water partition coefficient (Wildman–Crippen LogP) is 4.39. The number of methoxy groups -OCH3 is 1. The van der Waals surface area contributed by atoms with Crippen molar-refractivity contribution in [1.82, 2.24) is 5.09 Å². The topological polar surface area (TPSA) is 66.0 Å². The van der Waals surface area contributed by atoms with Gasteiger partial charge in [-0.3, -0.25) is 4.79 Å². The third-order valence-electron chi connectivity index (χ3n) is 3.36. The summed E-state index contributed by atoms with van der Waals surface area (Å²) in [6.45, 7) is 8.35. The molecule has 1 rings (SSSR count). The molecule has 0 aliphatic heterocycles. The highest BCUT2D eigenvalue weighted by atomic mass is 31.2. The first kappa shape index (κ1) is 23.8. The van der Waals surface area contributed by atoms with Crippen LogP contribution in [0.4, 0.5) is 4.39 Å². The summed E-state index contributed by atoms with van der Waals surface area (Å²) in [5.74, 6) is 0.200. The number of carbonyl (C=O) groups excluding carboxylic acids is 1. The summed E-state index contributed by atoms with van der Waals surface area (Å²) in [5.41, 5.74) is -1.38. The molecule has 0 aliphatic carbocycles. The maximum Gasteiger partial charge on any atom is 0.323 e. The highest BCUT2D eigenvalue weighted by molar-refractivity contribution is 7.45. The number of halogens is 1. The molecular weight excluding hydrogens is 372 g/mol. The first-order valence-corrected chi connectivity index (χ1v) is 10.1. The molecule has 1 aromatic rings. The Hall–Kier alpha value is -1.27.